The van der Waals surface area contributed by atoms with Crippen molar-refractivity contribution in [2.45, 2.75) is 19.3 Å². The van der Waals surface area contributed by atoms with Gasteiger partial charge in [-0.2, -0.15) is 0 Å². The van der Waals surface area contributed by atoms with Crippen LogP contribution in [0, 0.1) is 0 Å². The van der Waals surface area contributed by atoms with Crippen molar-refractivity contribution in [2.75, 3.05) is 39.2 Å². The molecule has 0 aliphatic carbocycles. The summed E-state index contributed by atoms with van der Waals surface area (Å²) >= 11 is 1.54. The summed E-state index contributed by atoms with van der Waals surface area (Å²) in [5, 5.41) is 0.747. The molecule has 0 saturated carbocycles. The summed E-state index contributed by atoms with van der Waals surface area (Å²) in [5.41, 5.74) is 1.99. The Morgan fingerprint density at radius 1 is 1.07 bits per heavy atom. The van der Waals surface area contributed by atoms with Gasteiger partial charge in [-0.25, -0.2) is 4.98 Å². The van der Waals surface area contributed by atoms with Crippen LogP contribution in [-0.2, 0) is 11.2 Å². The predicted molar refractivity (Wildman–Crippen MR) is 124 cm³/mol. The van der Waals surface area contributed by atoms with E-state index >= 15 is 0 Å². The van der Waals surface area contributed by atoms with E-state index in [9.17, 15) is 4.79 Å². The Kier molecular flexibility index (Phi) is 8.89. The zero-order chi connectivity index (χ0) is 19.9. The SMILES string of the molecule is COc1cccc2sc(N(CCCN(C)C)C(=O)CCc3ccccc3)nc12.Cl. The quantitative estimate of drug-likeness (QED) is 0.493. The first-order chi connectivity index (χ1) is 13.6. The van der Waals surface area contributed by atoms with Gasteiger partial charge < -0.3 is 9.64 Å². The number of thiazole rings is 1. The number of anilines is 1. The topological polar surface area (TPSA) is 45.7 Å². The fourth-order valence-electron chi connectivity index (χ4n) is 3.09. The number of amides is 1. The van der Waals surface area contributed by atoms with Crippen LogP contribution in [0.5, 0.6) is 5.75 Å². The van der Waals surface area contributed by atoms with Gasteiger partial charge in [-0.1, -0.05) is 47.7 Å². The Labute approximate surface area is 182 Å². The number of nitrogens with zero attached hydrogens (tertiary/aromatic N) is 3. The molecule has 1 aromatic heterocycles. The second-order valence-electron chi connectivity index (χ2n) is 6.99. The molecule has 0 N–H and O–H groups in total. The van der Waals surface area contributed by atoms with Crippen LogP contribution in [0.1, 0.15) is 18.4 Å². The molecular weight excluding hydrogens is 406 g/mol. The van der Waals surface area contributed by atoms with E-state index < -0.39 is 0 Å². The number of aryl methyl sites for hydroxylation is 1. The Morgan fingerprint density at radius 3 is 2.52 bits per heavy atom. The average Bonchev–Trinajstić information content (AvgIpc) is 3.14. The number of hydrogen-bond donors (Lipinski definition) is 0. The number of halogens is 1. The third-order valence-corrected chi connectivity index (χ3v) is 5.62. The van der Waals surface area contributed by atoms with Crippen LogP contribution in [0.25, 0.3) is 10.2 Å². The molecule has 0 aliphatic heterocycles. The van der Waals surface area contributed by atoms with Gasteiger partial charge in [-0.3, -0.25) is 9.69 Å². The smallest absolute Gasteiger partial charge is 0.229 e. The normalized spacial score (nSPS) is 10.8. The second kappa shape index (κ2) is 11.1. The standard InChI is InChI=1S/C22H27N3O2S.ClH/c1-24(2)15-8-16-25(20(26)14-13-17-9-5-4-6-10-17)22-23-21-18(27-3)11-7-12-19(21)28-22;/h4-7,9-12H,8,13-16H2,1-3H3;1H. The zero-order valence-electron chi connectivity index (χ0n) is 17.1. The molecule has 29 heavy (non-hydrogen) atoms. The van der Waals surface area contributed by atoms with Gasteiger partial charge in [-0.15, -0.1) is 12.4 Å². The van der Waals surface area contributed by atoms with Gasteiger partial charge in [0.2, 0.25) is 5.91 Å². The number of hydrogen-bond acceptors (Lipinski definition) is 5. The van der Waals surface area contributed by atoms with Crippen LogP contribution >= 0.6 is 23.7 Å². The van der Waals surface area contributed by atoms with Gasteiger partial charge in [-0.05, 0) is 51.2 Å². The van der Waals surface area contributed by atoms with E-state index in [4.69, 9.17) is 9.72 Å². The first-order valence-electron chi connectivity index (χ1n) is 9.51. The van der Waals surface area contributed by atoms with Gasteiger partial charge in [0, 0.05) is 13.0 Å². The minimum absolute atomic E-state index is 0. The van der Waals surface area contributed by atoms with E-state index in [0.29, 0.717) is 13.0 Å². The van der Waals surface area contributed by atoms with Gasteiger partial charge >= 0.3 is 0 Å². The van der Waals surface area contributed by atoms with Gasteiger partial charge in [0.15, 0.2) is 5.13 Å². The lowest BCUT2D eigenvalue weighted by atomic mass is 10.1. The van der Waals surface area contributed by atoms with E-state index in [2.05, 4.69) is 17.0 Å². The van der Waals surface area contributed by atoms with Crippen LogP contribution in [0.4, 0.5) is 5.13 Å². The van der Waals surface area contributed by atoms with Crippen LogP contribution in [0.15, 0.2) is 48.5 Å². The molecule has 0 aliphatic rings. The van der Waals surface area contributed by atoms with Crippen LogP contribution in [0.2, 0.25) is 0 Å². The molecule has 3 aromatic rings. The second-order valence-corrected chi connectivity index (χ2v) is 8.00. The van der Waals surface area contributed by atoms with Crippen molar-refractivity contribution >= 4 is 45.0 Å². The monoisotopic (exact) mass is 433 g/mol. The molecule has 2 aromatic carbocycles. The number of ether oxygens (including phenoxy) is 1. The third kappa shape index (κ3) is 6.16. The fraction of sp³-hybridized carbons (Fsp3) is 0.364. The van der Waals surface area contributed by atoms with Crippen LogP contribution < -0.4 is 9.64 Å². The van der Waals surface area contributed by atoms with E-state index in [1.165, 1.54) is 5.56 Å². The first-order valence-corrected chi connectivity index (χ1v) is 10.3. The van der Waals surface area contributed by atoms with Crippen molar-refractivity contribution in [3.8, 4) is 5.75 Å². The summed E-state index contributed by atoms with van der Waals surface area (Å²) in [6, 6.07) is 16.0. The number of rotatable bonds is 9. The van der Waals surface area contributed by atoms with Crippen molar-refractivity contribution in [1.82, 2.24) is 9.88 Å². The van der Waals surface area contributed by atoms with Gasteiger partial charge in [0.1, 0.15) is 11.3 Å². The molecule has 0 radical (unpaired) electrons. The molecule has 0 fully saturated rings. The van der Waals surface area contributed by atoms with Crippen molar-refractivity contribution < 1.29 is 9.53 Å². The lowest BCUT2D eigenvalue weighted by molar-refractivity contribution is -0.118. The average molecular weight is 434 g/mol. The highest BCUT2D eigenvalue weighted by atomic mass is 35.5. The Hall–Kier alpha value is -2.15. The van der Waals surface area contributed by atoms with Crippen molar-refractivity contribution in [3.05, 3.63) is 54.1 Å². The highest BCUT2D eigenvalue weighted by Crippen LogP contribution is 2.34. The Morgan fingerprint density at radius 2 is 1.83 bits per heavy atom. The maximum atomic E-state index is 13.1. The van der Waals surface area contributed by atoms with Gasteiger partial charge in [0.05, 0.1) is 11.8 Å². The molecule has 1 heterocycles. The lowest BCUT2D eigenvalue weighted by Crippen LogP contribution is -2.33. The summed E-state index contributed by atoms with van der Waals surface area (Å²) in [5.74, 6) is 0.852. The largest absolute Gasteiger partial charge is 0.494 e. The van der Waals surface area contributed by atoms with E-state index in [0.717, 1.165) is 40.5 Å². The Balaban J connectivity index is 0.00000300. The maximum absolute atomic E-state index is 13.1. The summed E-state index contributed by atoms with van der Waals surface area (Å²) in [6.07, 6.45) is 2.11. The molecule has 0 unspecified atom stereocenters. The highest BCUT2D eigenvalue weighted by molar-refractivity contribution is 7.22. The van der Waals surface area contributed by atoms with Crippen molar-refractivity contribution in [2.24, 2.45) is 0 Å². The lowest BCUT2D eigenvalue weighted by Gasteiger charge is -2.21. The fourth-order valence-corrected chi connectivity index (χ4v) is 4.12. The molecular formula is C22H28ClN3O2S. The summed E-state index contributed by atoms with van der Waals surface area (Å²) in [4.78, 5) is 21.8. The number of fused-ring (bicyclic) bond motifs is 1. The summed E-state index contributed by atoms with van der Waals surface area (Å²) in [6.45, 7) is 1.59. The predicted octanol–water partition coefficient (Wildman–Crippen LogP) is 4.64. The molecule has 156 valence electrons. The zero-order valence-corrected chi connectivity index (χ0v) is 18.8. The molecule has 7 heteroatoms. The molecule has 0 saturated heterocycles. The molecule has 0 atom stereocenters. The molecule has 1 amide bonds. The van der Waals surface area contributed by atoms with Crippen LogP contribution in [-0.4, -0.2) is 50.1 Å². The van der Waals surface area contributed by atoms with Crippen molar-refractivity contribution in [1.29, 1.82) is 0 Å². The number of carbonyl (C=O) groups is 1. The molecule has 0 spiro atoms. The van der Waals surface area contributed by atoms with Crippen LogP contribution in [0.3, 0.4) is 0 Å². The number of para-hydroxylation sites is 1. The van der Waals surface area contributed by atoms with E-state index in [1.807, 2.05) is 55.4 Å². The molecule has 0 bridgehead atoms. The number of aromatic nitrogens is 1. The summed E-state index contributed by atoms with van der Waals surface area (Å²) < 4.78 is 6.46. The Bertz CT molecular complexity index is 915. The number of carbonyl (C=O) groups excluding carboxylic acids is 1. The maximum Gasteiger partial charge on any atom is 0.229 e. The van der Waals surface area contributed by atoms with E-state index in [1.54, 1.807) is 18.4 Å². The minimum Gasteiger partial charge on any atom is -0.494 e. The van der Waals surface area contributed by atoms with E-state index in [-0.39, 0.29) is 18.3 Å². The highest BCUT2D eigenvalue weighted by Gasteiger charge is 2.20. The molecule has 5 nitrogen and oxygen atoms in total. The number of benzene rings is 2. The van der Waals surface area contributed by atoms with Gasteiger partial charge in [0.25, 0.3) is 0 Å². The first kappa shape index (κ1) is 23.1. The molecule has 3 rings (SSSR count). The third-order valence-electron chi connectivity index (χ3n) is 4.58. The summed E-state index contributed by atoms with van der Waals surface area (Å²) in [7, 11) is 5.74. The number of methoxy groups -OCH3 is 1. The van der Waals surface area contributed by atoms with Crippen molar-refractivity contribution in [3.63, 3.8) is 0 Å². The minimum atomic E-state index is 0.